The lowest BCUT2D eigenvalue weighted by atomic mass is 10.3. The van der Waals surface area contributed by atoms with Crippen LogP contribution in [0.1, 0.15) is 12.8 Å². The van der Waals surface area contributed by atoms with Crippen LogP contribution < -0.4 is 10.1 Å². The largest absolute Gasteiger partial charge is 0.492 e. The first kappa shape index (κ1) is 21.4. The lowest BCUT2D eigenvalue weighted by Gasteiger charge is -2.08. The third-order valence-corrected chi connectivity index (χ3v) is 3.23. The van der Waals surface area contributed by atoms with Crippen molar-refractivity contribution in [2.24, 2.45) is 0 Å². The predicted octanol–water partition coefficient (Wildman–Crippen LogP) is 3.19. The van der Waals surface area contributed by atoms with Crippen molar-refractivity contribution in [3.05, 3.63) is 40.3 Å². The molecule has 0 unspecified atom stereocenters. The number of aliphatic carboxylic acids is 2. The zero-order valence-electron chi connectivity index (χ0n) is 12.4. The second kappa shape index (κ2) is 12.9. The number of nitrogens with one attached hydrogen (secondary N) is 1. The lowest BCUT2D eigenvalue weighted by Crippen LogP contribution is -2.15. The maximum atomic E-state index is 9.10. The average Bonchev–Trinajstić information content (AvgIpc) is 2.48. The van der Waals surface area contributed by atoms with Gasteiger partial charge in [-0.15, -0.1) is 6.58 Å². The first-order valence-corrected chi connectivity index (χ1v) is 7.91. The number of hydrogen-bond donors (Lipinski definition) is 3. The van der Waals surface area contributed by atoms with E-state index in [9.17, 15) is 0 Å². The molecular weight excluding hydrogens is 390 g/mol. The fraction of sp³-hybridized carbons (Fsp3) is 0.333. The number of rotatable bonds is 8. The van der Waals surface area contributed by atoms with Crippen LogP contribution in [0.3, 0.4) is 0 Å². The van der Waals surface area contributed by atoms with Crippen LogP contribution in [0.25, 0.3) is 0 Å². The van der Waals surface area contributed by atoms with Gasteiger partial charge >= 0.3 is 11.9 Å². The third-order valence-electron chi connectivity index (χ3n) is 2.37. The molecule has 0 fully saturated rings. The van der Waals surface area contributed by atoms with Crippen LogP contribution >= 0.6 is 27.5 Å². The highest BCUT2D eigenvalue weighted by Gasteiger charge is 2.04. The molecule has 128 valence electrons. The van der Waals surface area contributed by atoms with Gasteiger partial charge in [0.2, 0.25) is 0 Å². The van der Waals surface area contributed by atoms with E-state index >= 15 is 0 Å². The minimum Gasteiger partial charge on any atom is -0.492 e. The second-order valence-corrected chi connectivity index (χ2v) is 5.52. The van der Waals surface area contributed by atoms with Crippen molar-refractivity contribution in [1.29, 1.82) is 0 Å². The van der Waals surface area contributed by atoms with Crippen LogP contribution in [-0.2, 0) is 9.59 Å². The summed E-state index contributed by atoms with van der Waals surface area (Å²) in [6.07, 6.45) is 3.99. The second-order valence-electron chi connectivity index (χ2n) is 4.23. The van der Waals surface area contributed by atoms with E-state index in [-0.39, 0.29) is 0 Å². The Morgan fingerprint density at radius 2 is 1.96 bits per heavy atom. The summed E-state index contributed by atoms with van der Waals surface area (Å²) in [4.78, 5) is 18.2. The number of carboxylic acid groups (broad SMARTS) is 2. The SMILES string of the molecule is C=CCNCCCCOc1ccc(Cl)cc1Br.O=C(O)C(=O)O. The molecule has 0 saturated heterocycles. The lowest BCUT2D eigenvalue weighted by molar-refractivity contribution is -0.159. The topological polar surface area (TPSA) is 95.9 Å². The van der Waals surface area contributed by atoms with Crippen molar-refractivity contribution >= 4 is 39.5 Å². The van der Waals surface area contributed by atoms with Gasteiger partial charge in [-0.25, -0.2) is 9.59 Å². The fourth-order valence-corrected chi connectivity index (χ4v) is 2.13. The van der Waals surface area contributed by atoms with Crippen LogP contribution in [0.15, 0.2) is 35.3 Å². The summed E-state index contributed by atoms with van der Waals surface area (Å²) < 4.78 is 6.54. The van der Waals surface area contributed by atoms with Crippen LogP contribution in [-0.4, -0.2) is 41.8 Å². The van der Waals surface area contributed by atoms with E-state index in [0.29, 0.717) is 5.02 Å². The van der Waals surface area contributed by atoms with Crippen molar-refractivity contribution in [1.82, 2.24) is 5.32 Å². The number of hydrogen-bond acceptors (Lipinski definition) is 4. The Labute approximate surface area is 148 Å². The summed E-state index contributed by atoms with van der Waals surface area (Å²) in [6.45, 7) is 6.23. The standard InChI is InChI=1S/C13H17BrClNO.C2H2O4/c1-2-7-16-8-3-4-9-17-13-6-5-11(15)10-12(13)14;3-1(4)2(5)6/h2,5-6,10,16H,1,3-4,7-9H2;(H,3,4)(H,5,6). The van der Waals surface area contributed by atoms with Crippen molar-refractivity contribution in [2.75, 3.05) is 19.7 Å². The maximum absolute atomic E-state index is 9.10. The molecule has 6 nitrogen and oxygen atoms in total. The van der Waals surface area contributed by atoms with E-state index in [1.165, 1.54) is 0 Å². The Morgan fingerprint density at radius 3 is 2.48 bits per heavy atom. The molecule has 0 aliphatic carbocycles. The molecule has 0 aliphatic heterocycles. The van der Waals surface area contributed by atoms with Gasteiger partial charge < -0.3 is 20.3 Å². The van der Waals surface area contributed by atoms with E-state index < -0.39 is 11.9 Å². The van der Waals surface area contributed by atoms with E-state index in [0.717, 1.165) is 42.8 Å². The first-order valence-electron chi connectivity index (χ1n) is 6.74. The molecule has 0 aliphatic rings. The minimum absolute atomic E-state index is 0.706. The minimum atomic E-state index is -1.82. The Bertz CT molecular complexity index is 513. The van der Waals surface area contributed by atoms with Crippen molar-refractivity contribution in [3.8, 4) is 5.75 Å². The predicted molar refractivity (Wildman–Crippen MR) is 92.2 cm³/mol. The van der Waals surface area contributed by atoms with E-state index in [4.69, 9.17) is 36.1 Å². The van der Waals surface area contributed by atoms with Gasteiger partial charge in [0.1, 0.15) is 5.75 Å². The number of unbranched alkanes of at least 4 members (excludes halogenated alkanes) is 1. The van der Waals surface area contributed by atoms with Crippen LogP contribution in [0.5, 0.6) is 5.75 Å². The van der Waals surface area contributed by atoms with Crippen molar-refractivity contribution in [2.45, 2.75) is 12.8 Å². The molecule has 0 spiro atoms. The number of halogens is 2. The molecule has 0 amide bonds. The van der Waals surface area contributed by atoms with Gasteiger partial charge in [-0.2, -0.15) is 0 Å². The highest BCUT2D eigenvalue weighted by Crippen LogP contribution is 2.27. The molecule has 0 atom stereocenters. The van der Waals surface area contributed by atoms with Gasteiger partial charge in [-0.05, 0) is 53.5 Å². The molecule has 1 aromatic rings. The number of carboxylic acids is 2. The number of carbonyl (C=O) groups is 2. The molecule has 1 aromatic carbocycles. The normalized spacial score (nSPS) is 9.48. The molecule has 0 heterocycles. The molecule has 3 N–H and O–H groups in total. The molecule has 0 bridgehead atoms. The molecule has 0 aromatic heterocycles. The highest BCUT2D eigenvalue weighted by atomic mass is 79.9. The summed E-state index contributed by atoms with van der Waals surface area (Å²) in [5, 5.41) is 18.7. The van der Waals surface area contributed by atoms with Crippen LogP contribution in [0.4, 0.5) is 0 Å². The molecular formula is C15H19BrClNO5. The Balaban J connectivity index is 0.000000688. The monoisotopic (exact) mass is 407 g/mol. The van der Waals surface area contributed by atoms with Crippen LogP contribution in [0.2, 0.25) is 5.02 Å². The summed E-state index contributed by atoms with van der Waals surface area (Å²) in [7, 11) is 0. The quantitative estimate of drug-likeness (QED) is 0.347. The Kier molecular flexibility index (Phi) is 12.0. The van der Waals surface area contributed by atoms with Gasteiger partial charge in [0.25, 0.3) is 0 Å². The van der Waals surface area contributed by atoms with E-state index in [2.05, 4.69) is 27.8 Å². The molecule has 8 heteroatoms. The van der Waals surface area contributed by atoms with Crippen molar-refractivity contribution in [3.63, 3.8) is 0 Å². The summed E-state index contributed by atoms with van der Waals surface area (Å²) in [6, 6.07) is 5.54. The van der Waals surface area contributed by atoms with Gasteiger partial charge in [-0.3, -0.25) is 0 Å². The molecule has 23 heavy (non-hydrogen) atoms. The molecule has 0 radical (unpaired) electrons. The third kappa shape index (κ3) is 11.6. The summed E-state index contributed by atoms with van der Waals surface area (Å²) in [5.74, 6) is -2.81. The highest BCUT2D eigenvalue weighted by molar-refractivity contribution is 9.10. The van der Waals surface area contributed by atoms with Crippen molar-refractivity contribution < 1.29 is 24.5 Å². The zero-order valence-corrected chi connectivity index (χ0v) is 14.8. The van der Waals surface area contributed by atoms with Gasteiger partial charge in [0.05, 0.1) is 11.1 Å². The van der Waals surface area contributed by atoms with Crippen LogP contribution in [0, 0.1) is 0 Å². The average molecular weight is 409 g/mol. The number of ether oxygens (including phenoxy) is 1. The summed E-state index contributed by atoms with van der Waals surface area (Å²) >= 11 is 9.26. The first-order chi connectivity index (χ1) is 10.9. The van der Waals surface area contributed by atoms with Gasteiger partial charge in [0, 0.05) is 11.6 Å². The molecule has 1 rings (SSSR count). The Hall–Kier alpha value is -1.57. The zero-order chi connectivity index (χ0) is 17.7. The molecule has 0 saturated carbocycles. The Morgan fingerprint density at radius 1 is 1.30 bits per heavy atom. The van der Waals surface area contributed by atoms with Gasteiger partial charge in [-0.1, -0.05) is 17.7 Å². The van der Waals surface area contributed by atoms with E-state index in [1.54, 1.807) is 0 Å². The fourth-order valence-electron chi connectivity index (χ4n) is 1.33. The van der Waals surface area contributed by atoms with Gasteiger partial charge in [0.15, 0.2) is 0 Å². The number of benzene rings is 1. The summed E-state index contributed by atoms with van der Waals surface area (Å²) in [5.41, 5.74) is 0. The maximum Gasteiger partial charge on any atom is 0.414 e. The van der Waals surface area contributed by atoms with E-state index in [1.807, 2.05) is 24.3 Å². The smallest absolute Gasteiger partial charge is 0.414 e.